The van der Waals surface area contributed by atoms with Crippen LogP contribution in [0.5, 0.6) is 0 Å². The molecule has 1 aliphatic heterocycles. The lowest BCUT2D eigenvalue weighted by Gasteiger charge is -2.37. The maximum Gasteiger partial charge on any atom is 0.233 e. The van der Waals surface area contributed by atoms with Gasteiger partial charge in [-0.2, -0.15) is 0 Å². The molecular formula is C24H42N2O2. The van der Waals surface area contributed by atoms with E-state index in [0.29, 0.717) is 36.3 Å². The first kappa shape index (κ1) is 21.8. The second kappa shape index (κ2) is 9.73. The van der Waals surface area contributed by atoms with Crippen LogP contribution >= 0.6 is 0 Å². The van der Waals surface area contributed by atoms with Crippen molar-refractivity contribution in [3.8, 4) is 0 Å². The summed E-state index contributed by atoms with van der Waals surface area (Å²) in [5, 5.41) is 3.87. The highest BCUT2D eigenvalue weighted by atomic mass is 16.2. The Hall–Kier alpha value is -0.900. The largest absolute Gasteiger partial charge is 0.311 e. The minimum absolute atomic E-state index is 0.0898. The van der Waals surface area contributed by atoms with E-state index < -0.39 is 0 Å². The van der Waals surface area contributed by atoms with Crippen LogP contribution in [-0.2, 0) is 9.59 Å². The highest BCUT2D eigenvalue weighted by Crippen LogP contribution is 2.38. The van der Waals surface area contributed by atoms with Crippen molar-refractivity contribution in [3.05, 3.63) is 0 Å². The first-order valence-corrected chi connectivity index (χ1v) is 12.0. The number of carbonyl (C=O) groups is 2. The number of imide groups is 1. The Morgan fingerprint density at radius 3 is 2.07 bits per heavy atom. The van der Waals surface area contributed by atoms with Crippen molar-refractivity contribution in [3.63, 3.8) is 0 Å². The van der Waals surface area contributed by atoms with Crippen LogP contribution < -0.4 is 5.32 Å². The van der Waals surface area contributed by atoms with Crippen molar-refractivity contribution < 1.29 is 9.59 Å². The summed E-state index contributed by atoms with van der Waals surface area (Å²) in [4.78, 5) is 27.7. The summed E-state index contributed by atoms with van der Waals surface area (Å²) in [6, 6.07) is 1.41. The summed E-state index contributed by atoms with van der Waals surface area (Å²) in [5.41, 5.74) is 0. The topological polar surface area (TPSA) is 49.4 Å². The average Bonchev–Trinajstić information content (AvgIpc) is 2.95. The Morgan fingerprint density at radius 2 is 1.50 bits per heavy atom. The molecule has 0 radical (unpaired) electrons. The third-order valence-corrected chi connectivity index (χ3v) is 7.47. The van der Waals surface area contributed by atoms with Gasteiger partial charge in [-0.25, -0.2) is 0 Å². The molecule has 3 fully saturated rings. The molecule has 28 heavy (non-hydrogen) atoms. The molecule has 3 rings (SSSR count). The predicted molar refractivity (Wildman–Crippen MR) is 114 cm³/mol. The molecule has 2 aliphatic carbocycles. The second-order valence-corrected chi connectivity index (χ2v) is 10.5. The van der Waals surface area contributed by atoms with Gasteiger partial charge in [-0.15, -0.1) is 0 Å². The van der Waals surface area contributed by atoms with E-state index in [1.807, 2.05) is 0 Å². The van der Waals surface area contributed by atoms with E-state index in [-0.39, 0.29) is 23.8 Å². The lowest BCUT2D eigenvalue weighted by Crippen LogP contribution is -2.47. The minimum Gasteiger partial charge on any atom is -0.311 e. The van der Waals surface area contributed by atoms with Crippen molar-refractivity contribution in [2.75, 3.05) is 0 Å². The molecule has 0 bridgehead atoms. The second-order valence-electron chi connectivity index (χ2n) is 10.5. The zero-order chi connectivity index (χ0) is 20.3. The van der Waals surface area contributed by atoms with Crippen molar-refractivity contribution in [1.29, 1.82) is 0 Å². The minimum atomic E-state index is -0.0898. The zero-order valence-electron chi connectivity index (χ0n) is 18.6. The molecule has 3 aliphatic rings. The zero-order valence-corrected chi connectivity index (χ0v) is 18.6. The van der Waals surface area contributed by atoms with Gasteiger partial charge in [0.25, 0.3) is 0 Å². The molecule has 0 aromatic rings. The summed E-state index contributed by atoms with van der Waals surface area (Å²) in [6.45, 7) is 8.84. The molecule has 2 amide bonds. The number of rotatable bonds is 7. The van der Waals surface area contributed by atoms with E-state index >= 15 is 0 Å². The van der Waals surface area contributed by atoms with Gasteiger partial charge < -0.3 is 5.32 Å². The number of nitrogens with one attached hydrogen (secondary N) is 1. The predicted octanol–water partition coefficient (Wildman–Crippen LogP) is 4.91. The molecule has 4 heteroatoms. The van der Waals surface area contributed by atoms with Crippen molar-refractivity contribution in [2.45, 2.75) is 116 Å². The van der Waals surface area contributed by atoms with E-state index in [0.717, 1.165) is 32.1 Å². The van der Waals surface area contributed by atoms with Crippen molar-refractivity contribution in [2.24, 2.45) is 23.7 Å². The molecule has 4 nitrogen and oxygen atoms in total. The number of likely N-dealkylation sites (tertiary alicyclic amines) is 1. The summed E-state index contributed by atoms with van der Waals surface area (Å²) in [5.74, 6) is 1.46. The van der Waals surface area contributed by atoms with Gasteiger partial charge in [0.1, 0.15) is 0 Å². The average molecular weight is 391 g/mol. The fourth-order valence-corrected chi connectivity index (χ4v) is 5.94. The van der Waals surface area contributed by atoms with Gasteiger partial charge in [0, 0.05) is 24.5 Å². The van der Waals surface area contributed by atoms with Crippen LogP contribution in [0.2, 0.25) is 0 Å². The maximum atomic E-state index is 13.2. The standard InChI is InChI=1S/C24H42N2O2/c1-16(2)14-21(17(3)4)22-15-23(27)26(24(22)28)20-12-10-19(11-13-20)25-18-8-6-5-7-9-18/h16-22,25H,5-15H2,1-4H3. The molecule has 0 spiro atoms. The number of hydrogen-bond acceptors (Lipinski definition) is 3. The fraction of sp³-hybridized carbons (Fsp3) is 0.917. The van der Waals surface area contributed by atoms with Gasteiger partial charge in [-0.1, -0.05) is 47.0 Å². The van der Waals surface area contributed by atoms with Gasteiger partial charge >= 0.3 is 0 Å². The fourth-order valence-electron chi connectivity index (χ4n) is 5.94. The van der Waals surface area contributed by atoms with Crippen LogP contribution in [0, 0.1) is 23.7 Å². The molecule has 160 valence electrons. The van der Waals surface area contributed by atoms with Crippen molar-refractivity contribution in [1.82, 2.24) is 10.2 Å². The third kappa shape index (κ3) is 5.17. The third-order valence-electron chi connectivity index (χ3n) is 7.47. The molecule has 2 atom stereocenters. The molecule has 2 unspecified atom stereocenters. The SMILES string of the molecule is CC(C)CC(C(C)C)C1CC(=O)N(C2CCC(NC3CCCCC3)CC2)C1=O. The van der Waals surface area contributed by atoms with Gasteiger partial charge in [-0.3, -0.25) is 14.5 Å². The van der Waals surface area contributed by atoms with Crippen molar-refractivity contribution >= 4 is 11.8 Å². The van der Waals surface area contributed by atoms with Crippen LogP contribution in [-0.4, -0.2) is 34.8 Å². The molecule has 1 N–H and O–H groups in total. The monoisotopic (exact) mass is 390 g/mol. The number of nitrogens with zero attached hydrogens (tertiary/aromatic N) is 1. The van der Waals surface area contributed by atoms with E-state index in [9.17, 15) is 9.59 Å². The number of hydrogen-bond donors (Lipinski definition) is 1. The number of carbonyl (C=O) groups excluding carboxylic acids is 2. The van der Waals surface area contributed by atoms with E-state index in [2.05, 4.69) is 33.0 Å². The Morgan fingerprint density at radius 1 is 0.893 bits per heavy atom. The summed E-state index contributed by atoms with van der Waals surface area (Å²) < 4.78 is 0. The Kier molecular flexibility index (Phi) is 7.58. The van der Waals surface area contributed by atoms with E-state index in [1.54, 1.807) is 4.90 Å². The lowest BCUT2D eigenvalue weighted by molar-refractivity contribution is -0.143. The van der Waals surface area contributed by atoms with Crippen LogP contribution in [0.1, 0.15) is 98.3 Å². The smallest absolute Gasteiger partial charge is 0.233 e. The van der Waals surface area contributed by atoms with Gasteiger partial charge in [-0.05, 0) is 62.7 Å². The Balaban J connectivity index is 1.55. The maximum absolute atomic E-state index is 13.2. The Labute approximate surface area is 172 Å². The molecule has 0 aromatic carbocycles. The Bertz CT molecular complexity index is 531. The molecular weight excluding hydrogens is 348 g/mol. The van der Waals surface area contributed by atoms with Crippen LogP contribution in [0.15, 0.2) is 0 Å². The molecule has 1 saturated heterocycles. The van der Waals surface area contributed by atoms with Crippen LogP contribution in [0.3, 0.4) is 0 Å². The van der Waals surface area contributed by atoms with Crippen LogP contribution in [0.4, 0.5) is 0 Å². The summed E-state index contributed by atoms with van der Waals surface area (Å²) in [6.07, 6.45) is 12.4. The highest BCUT2D eigenvalue weighted by Gasteiger charge is 2.46. The lowest BCUT2D eigenvalue weighted by atomic mass is 9.77. The summed E-state index contributed by atoms with van der Waals surface area (Å²) >= 11 is 0. The van der Waals surface area contributed by atoms with Crippen LogP contribution in [0.25, 0.3) is 0 Å². The van der Waals surface area contributed by atoms with E-state index in [4.69, 9.17) is 0 Å². The normalized spacial score (nSPS) is 31.2. The molecule has 0 aromatic heterocycles. The number of amides is 2. The van der Waals surface area contributed by atoms with Gasteiger partial charge in [0.05, 0.1) is 5.92 Å². The summed E-state index contributed by atoms with van der Waals surface area (Å²) in [7, 11) is 0. The van der Waals surface area contributed by atoms with E-state index in [1.165, 1.54) is 32.1 Å². The first-order valence-electron chi connectivity index (χ1n) is 12.0. The molecule has 2 saturated carbocycles. The molecule has 1 heterocycles. The first-order chi connectivity index (χ1) is 13.4. The van der Waals surface area contributed by atoms with Gasteiger partial charge in [0.15, 0.2) is 0 Å². The highest BCUT2D eigenvalue weighted by molar-refractivity contribution is 6.04. The van der Waals surface area contributed by atoms with Gasteiger partial charge in [0.2, 0.25) is 11.8 Å². The quantitative estimate of drug-likeness (QED) is 0.628.